The summed E-state index contributed by atoms with van der Waals surface area (Å²) in [6.45, 7) is -0.995. The van der Waals surface area contributed by atoms with Crippen LogP contribution in [-0.4, -0.2) is 109 Å². The van der Waals surface area contributed by atoms with Crippen LogP contribution in [0.3, 0.4) is 0 Å². The third kappa shape index (κ3) is 4.85. The zero-order chi connectivity index (χ0) is 28.9. The number of hydrogen-bond donors (Lipinski definition) is 6. The Morgan fingerprint density at radius 2 is 1.12 bits per heavy atom. The average molecular weight is 607 g/mol. The van der Waals surface area contributed by atoms with E-state index in [9.17, 15) is 19.0 Å². The van der Waals surface area contributed by atoms with Crippen LogP contribution in [0, 0.1) is 0 Å². The van der Waals surface area contributed by atoms with Crippen molar-refractivity contribution in [3.63, 3.8) is 0 Å². The topological polar surface area (TPSA) is 239 Å². The van der Waals surface area contributed by atoms with Gasteiger partial charge in [0.15, 0.2) is 47.7 Å². The highest BCUT2D eigenvalue weighted by Crippen LogP contribution is 2.35. The van der Waals surface area contributed by atoms with Crippen LogP contribution < -0.4 is 11.5 Å². The first-order valence-electron chi connectivity index (χ1n) is 11.5. The van der Waals surface area contributed by atoms with Crippen LogP contribution >= 0.6 is 23.2 Å². The quantitative estimate of drug-likeness (QED) is 0.157. The summed E-state index contributed by atoms with van der Waals surface area (Å²) in [7, 11) is 0. The van der Waals surface area contributed by atoms with Gasteiger partial charge in [-0.2, -0.15) is 19.9 Å². The lowest BCUT2D eigenvalue weighted by Crippen LogP contribution is -2.30. The van der Waals surface area contributed by atoms with E-state index in [4.69, 9.17) is 54.4 Å². The first-order chi connectivity index (χ1) is 19.0. The van der Waals surface area contributed by atoms with E-state index in [2.05, 4.69) is 29.9 Å². The van der Waals surface area contributed by atoms with E-state index >= 15 is 0 Å². The summed E-state index contributed by atoms with van der Waals surface area (Å²) in [6.07, 6.45) is -8.15. The molecule has 0 bridgehead atoms. The minimum absolute atomic E-state index is 0.0615. The molecule has 0 aromatic carbocycles. The van der Waals surface area contributed by atoms with Crippen molar-refractivity contribution >= 4 is 57.2 Å². The first-order valence-corrected chi connectivity index (χ1v) is 12.3. The van der Waals surface area contributed by atoms with Crippen LogP contribution in [0.2, 0.25) is 10.6 Å². The fourth-order valence-corrected chi connectivity index (χ4v) is 4.69. The summed E-state index contributed by atoms with van der Waals surface area (Å²) < 4.78 is 41.2. The number of aromatic nitrogens is 8. The molecule has 0 spiro atoms. The van der Waals surface area contributed by atoms with E-state index in [0.717, 1.165) is 0 Å². The van der Waals surface area contributed by atoms with Gasteiger partial charge in [-0.15, -0.1) is 0 Å². The van der Waals surface area contributed by atoms with Gasteiger partial charge in [0, 0.05) is 0 Å². The SMILES string of the molecule is Nc1nc(Cl)nc2c1ncn2[C@@H]1O[C@H](CO)[C@@H](O)[C@@H]1F.Nc1nc(Cl)nc2c1ncn2[C@@H]1O[C@H](CO)[C@@H](O)[C@@H]1F. The molecule has 216 valence electrons. The number of aliphatic hydroxyl groups excluding tert-OH is 4. The van der Waals surface area contributed by atoms with Crippen LogP contribution in [0.15, 0.2) is 12.7 Å². The van der Waals surface area contributed by atoms with E-state index in [0.29, 0.717) is 0 Å². The second-order valence-corrected chi connectivity index (χ2v) is 9.45. The Morgan fingerprint density at radius 1 is 0.750 bits per heavy atom. The number of nitrogens with two attached hydrogens (primary N) is 2. The maximum absolute atomic E-state index is 14.1. The molecule has 2 fully saturated rings. The van der Waals surface area contributed by atoms with Gasteiger partial charge in [0.1, 0.15) is 35.4 Å². The van der Waals surface area contributed by atoms with Gasteiger partial charge in [-0.3, -0.25) is 9.13 Å². The second kappa shape index (κ2) is 11.1. The van der Waals surface area contributed by atoms with Crippen LogP contribution in [0.25, 0.3) is 22.3 Å². The Hall–Kier alpha value is -3.10. The summed E-state index contributed by atoms with van der Waals surface area (Å²) in [5.74, 6) is 0.123. The van der Waals surface area contributed by atoms with Crippen molar-refractivity contribution in [1.82, 2.24) is 39.0 Å². The molecule has 2 saturated heterocycles. The van der Waals surface area contributed by atoms with Crippen molar-refractivity contribution in [2.75, 3.05) is 24.7 Å². The first kappa shape index (κ1) is 28.4. The molecule has 8 N–H and O–H groups in total. The Bertz CT molecular complexity index is 1420. The monoisotopic (exact) mass is 606 g/mol. The number of anilines is 2. The minimum atomic E-state index is -1.74. The van der Waals surface area contributed by atoms with Gasteiger partial charge in [0.05, 0.1) is 25.9 Å². The van der Waals surface area contributed by atoms with Gasteiger partial charge < -0.3 is 41.4 Å². The smallest absolute Gasteiger partial charge is 0.226 e. The van der Waals surface area contributed by atoms with Gasteiger partial charge >= 0.3 is 0 Å². The Morgan fingerprint density at radius 3 is 1.45 bits per heavy atom. The fraction of sp³-hybridized carbons (Fsp3) is 0.500. The molecule has 20 heteroatoms. The molecule has 2 aliphatic heterocycles. The number of nitrogens with zero attached hydrogens (tertiary/aromatic N) is 8. The average Bonchev–Trinajstić information content (AvgIpc) is 3.66. The van der Waals surface area contributed by atoms with Crippen molar-refractivity contribution in [3.8, 4) is 0 Å². The Kier molecular flexibility index (Phi) is 7.86. The highest BCUT2D eigenvalue weighted by Gasteiger charge is 2.46. The largest absolute Gasteiger partial charge is 0.394 e. The number of ether oxygens (including phenoxy) is 2. The number of halogens is 4. The van der Waals surface area contributed by atoms with Crippen LogP contribution in [0.5, 0.6) is 0 Å². The lowest BCUT2D eigenvalue weighted by atomic mass is 10.1. The number of imidazole rings is 2. The summed E-state index contributed by atoms with van der Waals surface area (Å²) >= 11 is 11.4. The zero-order valence-corrected chi connectivity index (χ0v) is 21.5. The molecule has 0 aliphatic carbocycles. The molecule has 4 aromatic heterocycles. The highest BCUT2D eigenvalue weighted by molar-refractivity contribution is 6.29. The van der Waals surface area contributed by atoms with Crippen LogP contribution in [0.1, 0.15) is 12.5 Å². The molecule has 0 amide bonds. The van der Waals surface area contributed by atoms with Crippen molar-refractivity contribution in [3.05, 3.63) is 23.2 Å². The van der Waals surface area contributed by atoms with E-state index in [1.54, 1.807) is 0 Å². The molecule has 2 aliphatic rings. The molecular formula is C20H22Cl2F2N10O6. The molecule has 16 nitrogen and oxygen atoms in total. The molecule has 4 aromatic rings. The van der Waals surface area contributed by atoms with E-state index in [-0.39, 0.29) is 44.5 Å². The van der Waals surface area contributed by atoms with Crippen molar-refractivity contribution < 1.29 is 38.7 Å². The molecular weight excluding hydrogens is 585 g/mol. The summed E-state index contributed by atoms with van der Waals surface area (Å²) in [5, 5.41) is 37.1. The number of alkyl halides is 2. The lowest BCUT2D eigenvalue weighted by molar-refractivity contribution is -0.0459. The molecule has 0 radical (unpaired) electrons. The van der Waals surface area contributed by atoms with Crippen molar-refractivity contribution in [1.29, 1.82) is 0 Å². The third-order valence-corrected chi connectivity index (χ3v) is 6.68. The van der Waals surface area contributed by atoms with Crippen molar-refractivity contribution in [2.24, 2.45) is 0 Å². The molecule has 8 atom stereocenters. The molecule has 0 unspecified atom stereocenters. The van der Waals surface area contributed by atoms with E-state index in [1.807, 2.05) is 0 Å². The van der Waals surface area contributed by atoms with E-state index in [1.165, 1.54) is 21.8 Å². The number of hydrogen-bond acceptors (Lipinski definition) is 14. The van der Waals surface area contributed by atoms with Gasteiger partial charge in [0.2, 0.25) is 10.6 Å². The third-order valence-electron chi connectivity index (χ3n) is 6.34. The number of aliphatic hydroxyl groups is 4. The summed E-state index contributed by atoms with van der Waals surface area (Å²) in [4.78, 5) is 23.3. The summed E-state index contributed by atoms with van der Waals surface area (Å²) in [5.41, 5.74) is 12.2. The Balaban J connectivity index is 0.000000161. The van der Waals surface area contributed by atoms with Gasteiger partial charge in [-0.1, -0.05) is 0 Å². The van der Waals surface area contributed by atoms with E-state index < -0.39 is 62.4 Å². The molecule has 40 heavy (non-hydrogen) atoms. The standard InChI is InChI=1S/2C10H11ClFN5O3/c2*11-10-15-7(13)5-8(16-10)17(2-14-5)9-4(12)6(19)3(1-18)20-9/h2*2-4,6,9,18-19H,1H2,(H2,13,15,16)/t2*3-,4+,6-,9-/m11/s1. The number of rotatable bonds is 4. The lowest BCUT2D eigenvalue weighted by Gasteiger charge is -2.15. The normalized spacial score (nSPS) is 30.2. The maximum Gasteiger partial charge on any atom is 0.226 e. The van der Waals surface area contributed by atoms with Gasteiger partial charge in [-0.05, 0) is 23.2 Å². The highest BCUT2D eigenvalue weighted by atomic mass is 35.5. The predicted molar refractivity (Wildman–Crippen MR) is 133 cm³/mol. The second-order valence-electron chi connectivity index (χ2n) is 8.77. The number of fused-ring (bicyclic) bond motifs is 2. The molecule has 6 heterocycles. The van der Waals surface area contributed by atoms with Crippen LogP contribution in [-0.2, 0) is 9.47 Å². The van der Waals surface area contributed by atoms with Gasteiger partial charge in [0.25, 0.3) is 0 Å². The maximum atomic E-state index is 14.1. The van der Waals surface area contributed by atoms with Crippen LogP contribution in [0.4, 0.5) is 20.4 Å². The summed E-state index contributed by atoms with van der Waals surface area (Å²) in [6, 6.07) is 0. The van der Waals surface area contributed by atoms with Crippen molar-refractivity contribution in [2.45, 2.75) is 49.2 Å². The predicted octanol–water partition coefficient (Wildman–Crippen LogP) is -0.699. The minimum Gasteiger partial charge on any atom is -0.394 e. The molecule has 0 saturated carbocycles. The number of nitrogen functional groups attached to an aromatic ring is 2. The van der Waals surface area contributed by atoms with Gasteiger partial charge in [-0.25, -0.2) is 18.7 Å². The fourth-order valence-electron chi connectivity index (χ4n) is 4.35. The Labute approximate surface area is 232 Å². The zero-order valence-electron chi connectivity index (χ0n) is 20.0. The molecule has 6 rings (SSSR count).